The van der Waals surface area contributed by atoms with Gasteiger partial charge in [0.1, 0.15) is 11.6 Å². The second-order valence-corrected chi connectivity index (χ2v) is 13.7. The van der Waals surface area contributed by atoms with Gasteiger partial charge in [0.05, 0.1) is 11.4 Å². The zero-order valence-corrected chi connectivity index (χ0v) is 34.2. The first-order chi connectivity index (χ1) is 27.6. The fourth-order valence-electron chi connectivity index (χ4n) is 7.56. The first kappa shape index (κ1) is 39.0. The molecule has 0 saturated heterocycles. The van der Waals surface area contributed by atoms with E-state index < -0.39 is 0 Å². The molecule has 8 aromatic rings. The average Bonchev–Trinajstić information content (AvgIpc) is 3.26. The molecule has 1 N–H and O–H groups in total. The summed E-state index contributed by atoms with van der Waals surface area (Å²) in [6, 6.07) is 65.6. The first-order valence-electron chi connectivity index (χ1n) is 19.3. The van der Waals surface area contributed by atoms with Crippen LogP contribution in [0, 0.1) is 6.07 Å². The Morgan fingerprint density at radius 3 is 1.81 bits per heavy atom. The fourth-order valence-corrected chi connectivity index (χ4v) is 7.56. The van der Waals surface area contributed by atoms with Gasteiger partial charge in [0, 0.05) is 55.5 Å². The van der Waals surface area contributed by atoms with E-state index >= 15 is 0 Å². The predicted molar refractivity (Wildman–Crippen MR) is 232 cm³/mol. The van der Waals surface area contributed by atoms with E-state index in [1.807, 2.05) is 60.8 Å². The van der Waals surface area contributed by atoms with Crippen LogP contribution < -0.4 is 9.80 Å². The van der Waals surface area contributed by atoms with Crippen LogP contribution in [-0.4, -0.2) is 15.1 Å². The summed E-state index contributed by atoms with van der Waals surface area (Å²) >= 11 is 0. The van der Waals surface area contributed by atoms with E-state index in [1.165, 1.54) is 0 Å². The largest absolute Gasteiger partial charge is 0.507 e. The number of anilines is 6. The van der Waals surface area contributed by atoms with Crippen molar-refractivity contribution in [1.82, 2.24) is 9.97 Å². The number of phenols is 1. The quantitative estimate of drug-likeness (QED) is 0.124. The van der Waals surface area contributed by atoms with E-state index in [1.54, 1.807) is 6.07 Å². The van der Waals surface area contributed by atoms with Gasteiger partial charge in [0.15, 0.2) is 0 Å². The smallest absolute Gasteiger partial charge is 0.136 e. The number of hydrogen-bond donors (Lipinski definition) is 1. The summed E-state index contributed by atoms with van der Waals surface area (Å²) in [4.78, 5) is 14.8. The van der Waals surface area contributed by atoms with Gasteiger partial charge in [0.2, 0.25) is 0 Å². The van der Waals surface area contributed by atoms with Crippen molar-refractivity contribution < 1.29 is 26.2 Å². The minimum Gasteiger partial charge on any atom is -0.507 e. The number of pyridine rings is 2. The summed E-state index contributed by atoms with van der Waals surface area (Å²) in [5.41, 5.74) is 11.2. The topological polar surface area (TPSA) is 52.5 Å². The van der Waals surface area contributed by atoms with Crippen molar-refractivity contribution in [2.24, 2.45) is 0 Å². The Bertz CT molecular complexity index is 2490. The zero-order chi connectivity index (χ0) is 38.3. The Hall–Kier alpha value is -6.29. The molecule has 0 saturated carbocycles. The van der Waals surface area contributed by atoms with Gasteiger partial charge in [-0.05, 0) is 102 Å². The second kappa shape index (κ2) is 18.1. The minimum absolute atomic E-state index is 0. The maximum atomic E-state index is 11.3. The van der Waals surface area contributed by atoms with E-state index in [9.17, 15) is 5.11 Å². The minimum atomic E-state index is 0. The molecule has 0 aliphatic carbocycles. The Morgan fingerprint density at radius 1 is 0.579 bits per heavy atom. The third kappa shape index (κ3) is 8.17. The van der Waals surface area contributed by atoms with Crippen molar-refractivity contribution in [2.75, 3.05) is 9.80 Å². The molecular formula is C51H43N4OPt-. The summed E-state index contributed by atoms with van der Waals surface area (Å²) in [5, 5.41) is 11.3. The Balaban J connectivity index is 0.00000496. The molecule has 0 bridgehead atoms. The molecule has 0 radical (unpaired) electrons. The molecule has 0 unspecified atom stereocenters. The molecule has 0 amide bonds. The maximum Gasteiger partial charge on any atom is 0.136 e. The number of hydrogen-bond acceptors (Lipinski definition) is 5. The SMILES string of the molecule is CCC(CC)c1c(N(c2ccccc2)c2ccccc2)cc(-c2ccccc2O)nc1-c1[c-]c(N(c2ccccn2)c2ccccc2-c2ccccc2)ccc1.[Pt]. The summed E-state index contributed by atoms with van der Waals surface area (Å²) < 4.78 is 0. The van der Waals surface area contributed by atoms with Crippen molar-refractivity contribution in [3.63, 3.8) is 0 Å². The second-order valence-electron chi connectivity index (χ2n) is 13.7. The van der Waals surface area contributed by atoms with Crippen molar-refractivity contribution in [3.05, 3.63) is 200 Å². The molecule has 0 atom stereocenters. The van der Waals surface area contributed by atoms with E-state index in [-0.39, 0.29) is 32.7 Å². The van der Waals surface area contributed by atoms with Gasteiger partial charge >= 0.3 is 0 Å². The van der Waals surface area contributed by atoms with Gasteiger partial charge < -0.3 is 14.9 Å². The molecule has 2 heterocycles. The molecule has 8 rings (SSSR count). The predicted octanol–water partition coefficient (Wildman–Crippen LogP) is 13.8. The standard InChI is InChI=1S/C51H43N4O.Pt/c1-3-37(4-2)50-47(54(40-24-10-6-11-25-40)41-26-12-7-13-27-41)36-45(44-30-15-17-32-48(44)56)53-51(50)39-23-20-28-42(35-39)55(49-33-18-19-34-52-49)46-31-16-14-29-43(46)38-21-8-5-9-22-38;/h5-34,36-37,56H,3-4H2,1-2H3;/q-1;. The molecule has 6 aromatic carbocycles. The van der Waals surface area contributed by atoms with Crippen LogP contribution in [0.15, 0.2) is 188 Å². The normalized spacial score (nSPS) is 10.9. The van der Waals surface area contributed by atoms with Crippen LogP contribution in [0.3, 0.4) is 0 Å². The van der Waals surface area contributed by atoms with Gasteiger partial charge in [-0.3, -0.25) is 4.98 Å². The molecule has 284 valence electrons. The molecule has 57 heavy (non-hydrogen) atoms. The van der Waals surface area contributed by atoms with Crippen LogP contribution in [-0.2, 0) is 21.1 Å². The number of para-hydroxylation sites is 4. The van der Waals surface area contributed by atoms with Crippen molar-refractivity contribution in [2.45, 2.75) is 32.6 Å². The van der Waals surface area contributed by atoms with Crippen molar-refractivity contribution in [1.29, 1.82) is 0 Å². The summed E-state index contributed by atoms with van der Waals surface area (Å²) in [6.07, 6.45) is 3.65. The zero-order valence-electron chi connectivity index (χ0n) is 31.9. The van der Waals surface area contributed by atoms with E-state index in [2.05, 4.69) is 151 Å². The Morgan fingerprint density at radius 2 is 1.18 bits per heavy atom. The van der Waals surface area contributed by atoms with Crippen LogP contribution in [0.25, 0.3) is 33.6 Å². The molecule has 0 spiro atoms. The van der Waals surface area contributed by atoms with Crippen LogP contribution in [0.2, 0.25) is 0 Å². The number of nitrogens with zero attached hydrogens (tertiary/aromatic N) is 4. The number of rotatable bonds is 12. The summed E-state index contributed by atoms with van der Waals surface area (Å²) in [7, 11) is 0. The molecule has 6 heteroatoms. The average molecular weight is 923 g/mol. The van der Waals surface area contributed by atoms with Crippen LogP contribution in [0.4, 0.5) is 34.3 Å². The van der Waals surface area contributed by atoms with Crippen molar-refractivity contribution >= 4 is 34.3 Å². The van der Waals surface area contributed by atoms with Gasteiger partial charge in [-0.15, -0.1) is 29.8 Å². The van der Waals surface area contributed by atoms with Crippen LogP contribution in [0.1, 0.15) is 38.2 Å². The van der Waals surface area contributed by atoms with Crippen molar-refractivity contribution in [3.8, 4) is 39.4 Å². The summed E-state index contributed by atoms with van der Waals surface area (Å²) in [5.74, 6) is 1.12. The molecule has 2 aromatic heterocycles. The first-order valence-corrected chi connectivity index (χ1v) is 19.3. The number of benzene rings is 6. The molecule has 0 aliphatic heterocycles. The molecule has 5 nitrogen and oxygen atoms in total. The van der Waals surface area contributed by atoms with E-state index in [0.29, 0.717) is 11.3 Å². The number of aromatic nitrogens is 2. The third-order valence-electron chi connectivity index (χ3n) is 10.3. The van der Waals surface area contributed by atoms with Gasteiger partial charge in [-0.1, -0.05) is 117 Å². The Kier molecular flexibility index (Phi) is 12.4. The maximum absolute atomic E-state index is 11.3. The monoisotopic (exact) mass is 922 g/mol. The van der Waals surface area contributed by atoms with Crippen LogP contribution in [0.5, 0.6) is 5.75 Å². The van der Waals surface area contributed by atoms with E-state index in [4.69, 9.17) is 9.97 Å². The van der Waals surface area contributed by atoms with Gasteiger partial charge in [-0.2, -0.15) is 0 Å². The van der Waals surface area contributed by atoms with Gasteiger partial charge in [-0.25, -0.2) is 4.98 Å². The molecular weight excluding hydrogens is 880 g/mol. The van der Waals surface area contributed by atoms with E-state index in [0.717, 1.165) is 75.0 Å². The number of phenolic OH excluding ortho intramolecular Hbond substituents is 1. The van der Waals surface area contributed by atoms with Gasteiger partial charge in [0.25, 0.3) is 0 Å². The fraction of sp³-hybridized carbons (Fsp3) is 0.0980. The third-order valence-corrected chi connectivity index (χ3v) is 10.3. The molecule has 0 fully saturated rings. The Labute approximate surface area is 350 Å². The summed E-state index contributed by atoms with van der Waals surface area (Å²) in [6.45, 7) is 4.50. The molecule has 0 aliphatic rings. The number of aromatic hydroxyl groups is 1. The van der Waals surface area contributed by atoms with Crippen LogP contribution >= 0.6 is 0 Å².